The third kappa shape index (κ3) is 2.40. The predicted molar refractivity (Wildman–Crippen MR) is 64.8 cm³/mol. The average Bonchev–Trinajstić information content (AvgIpc) is 2.78. The van der Waals surface area contributed by atoms with Crippen LogP contribution in [-0.4, -0.2) is 18.5 Å². The lowest BCUT2D eigenvalue weighted by molar-refractivity contribution is -0.123. The highest BCUT2D eigenvalue weighted by Crippen LogP contribution is 2.57. The number of nitrogens with two attached hydrogens (primary N) is 1. The van der Waals surface area contributed by atoms with Gasteiger partial charge in [0, 0.05) is 18.5 Å². The van der Waals surface area contributed by atoms with Crippen molar-refractivity contribution in [1.82, 2.24) is 5.32 Å². The maximum atomic E-state index is 12.0. The van der Waals surface area contributed by atoms with Crippen LogP contribution in [0.4, 0.5) is 0 Å². The number of carbonyl (C=O) groups is 1. The summed E-state index contributed by atoms with van der Waals surface area (Å²) in [4.78, 5) is 12.0. The Hall–Kier alpha value is -0.570. The van der Waals surface area contributed by atoms with E-state index in [9.17, 15) is 4.79 Å². The standard InChI is InChI=1S/C13H24N2O/c1-2-3-5-9(8-14)15-13(16)12-10-6-4-7-11(10)12/h9-12H,2-8,14H2,1H3,(H,15,16). The molecule has 0 aromatic carbocycles. The van der Waals surface area contributed by atoms with E-state index >= 15 is 0 Å². The molecule has 2 rings (SSSR count). The van der Waals surface area contributed by atoms with E-state index in [0.717, 1.165) is 12.8 Å². The second-order valence-electron chi connectivity index (χ2n) is 5.37. The van der Waals surface area contributed by atoms with E-state index in [4.69, 9.17) is 5.73 Å². The lowest BCUT2D eigenvalue weighted by Crippen LogP contribution is -2.41. The van der Waals surface area contributed by atoms with Crippen molar-refractivity contribution in [2.24, 2.45) is 23.5 Å². The fraction of sp³-hybridized carbons (Fsp3) is 0.923. The largest absolute Gasteiger partial charge is 0.352 e. The number of nitrogens with one attached hydrogen (secondary N) is 1. The van der Waals surface area contributed by atoms with Crippen LogP contribution in [0, 0.1) is 17.8 Å². The van der Waals surface area contributed by atoms with Crippen LogP contribution in [0.15, 0.2) is 0 Å². The Morgan fingerprint density at radius 1 is 1.44 bits per heavy atom. The van der Waals surface area contributed by atoms with E-state index in [2.05, 4.69) is 12.2 Å². The summed E-state index contributed by atoms with van der Waals surface area (Å²) in [5.74, 6) is 2.04. The fourth-order valence-corrected chi connectivity index (χ4v) is 3.21. The van der Waals surface area contributed by atoms with Gasteiger partial charge in [-0.05, 0) is 31.1 Å². The molecule has 0 saturated heterocycles. The molecule has 0 heterocycles. The van der Waals surface area contributed by atoms with Crippen LogP contribution >= 0.6 is 0 Å². The summed E-state index contributed by atoms with van der Waals surface area (Å²) in [6, 6.07) is 0.203. The van der Waals surface area contributed by atoms with Gasteiger partial charge < -0.3 is 11.1 Å². The van der Waals surface area contributed by atoms with Gasteiger partial charge in [0.25, 0.3) is 0 Å². The summed E-state index contributed by atoms with van der Waals surface area (Å²) in [5, 5.41) is 3.13. The highest BCUT2D eigenvalue weighted by atomic mass is 16.2. The minimum absolute atomic E-state index is 0.203. The van der Waals surface area contributed by atoms with Gasteiger partial charge in [-0.1, -0.05) is 26.2 Å². The van der Waals surface area contributed by atoms with Crippen molar-refractivity contribution < 1.29 is 4.79 Å². The molecule has 3 atom stereocenters. The molecule has 92 valence electrons. The SMILES string of the molecule is CCCCC(CN)NC(=O)C1C2CCCC21. The Morgan fingerprint density at radius 3 is 2.69 bits per heavy atom. The molecule has 2 aliphatic rings. The van der Waals surface area contributed by atoms with Gasteiger partial charge in [-0.2, -0.15) is 0 Å². The topological polar surface area (TPSA) is 55.1 Å². The fourth-order valence-electron chi connectivity index (χ4n) is 3.21. The molecule has 3 N–H and O–H groups in total. The van der Waals surface area contributed by atoms with Gasteiger partial charge in [0.05, 0.1) is 0 Å². The normalized spacial score (nSPS) is 33.2. The summed E-state index contributed by atoms with van der Waals surface area (Å²) in [6.45, 7) is 2.74. The molecule has 16 heavy (non-hydrogen) atoms. The second kappa shape index (κ2) is 5.17. The minimum Gasteiger partial charge on any atom is -0.352 e. The second-order valence-corrected chi connectivity index (χ2v) is 5.37. The predicted octanol–water partition coefficient (Wildman–Crippen LogP) is 1.67. The maximum Gasteiger partial charge on any atom is 0.223 e. The average molecular weight is 224 g/mol. The number of fused-ring (bicyclic) bond motifs is 1. The smallest absolute Gasteiger partial charge is 0.223 e. The van der Waals surface area contributed by atoms with Crippen LogP contribution in [0.25, 0.3) is 0 Å². The zero-order chi connectivity index (χ0) is 11.5. The van der Waals surface area contributed by atoms with Crippen molar-refractivity contribution in [2.75, 3.05) is 6.54 Å². The molecule has 3 unspecified atom stereocenters. The molecule has 0 aromatic rings. The molecule has 0 aliphatic heterocycles. The molecule has 0 aromatic heterocycles. The minimum atomic E-state index is 0.203. The molecule has 1 amide bonds. The van der Waals surface area contributed by atoms with E-state index in [1.807, 2.05) is 0 Å². The Morgan fingerprint density at radius 2 is 2.12 bits per heavy atom. The Balaban J connectivity index is 1.73. The molecule has 2 saturated carbocycles. The van der Waals surface area contributed by atoms with Crippen LogP contribution in [0.2, 0.25) is 0 Å². The summed E-state index contributed by atoms with van der Waals surface area (Å²) in [5.41, 5.74) is 5.68. The van der Waals surface area contributed by atoms with Crippen LogP contribution in [-0.2, 0) is 4.79 Å². The molecule has 2 fully saturated rings. The van der Waals surface area contributed by atoms with Crippen molar-refractivity contribution in [3.05, 3.63) is 0 Å². The van der Waals surface area contributed by atoms with E-state index < -0.39 is 0 Å². The van der Waals surface area contributed by atoms with Crippen LogP contribution in [0.5, 0.6) is 0 Å². The summed E-state index contributed by atoms with van der Waals surface area (Å²) in [7, 11) is 0. The number of amides is 1. The van der Waals surface area contributed by atoms with E-state index in [-0.39, 0.29) is 11.9 Å². The molecular formula is C13H24N2O. The van der Waals surface area contributed by atoms with Crippen LogP contribution < -0.4 is 11.1 Å². The van der Waals surface area contributed by atoms with Gasteiger partial charge in [0.2, 0.25) is 5.91 Å². The highest BCUT2D eigenvalue weighted by Gasteiger charge is 2.56. The lowest BCUT2D eigenvalue weighted by Gasteiger charge is -2.17. The number of unbranched alkanes of at least 4 members (excludes halogenated alkanes) is 1. The van der Waals surface area contributed by atoms with Crippen molar-refractivity contribution in [3.8, 4) is 0 Å². The number of rotatable bonds is 6. The first-order valence-corrected chi connectivity index (χ1v) is 6.78. The zero-order valence-electron chi connectivity index (χ0n) is 10.2. The van der Waals surface area contributed by atoms with E-state index in [1.165, 1.54) is 25.7 Å². The van der Waals surface area contributed by atoms with Gasteiger partial charge in [0.15, 0.2) is 0 Å². The molecular weight excluding hydrogens is 200 g/mol. The summed E-state index contributed by atoms with van der Waals surface area (Å²) >= 11 is 0. The Kier molecular flexibility index (Phi) is 3.85. The van der Waals surface area contributed by atoms with Crippen molar-refractivity contribution in [3.63, 3.8) is 0 Å². The maximum absolute atomic E-state index is 12.0. The number of carbonyl (C=O) groups excluding carboxylic acids is 1. The first-order chi connectivity index (χ1) is 7.77. The van der Waals surface area contributed by atoms with Gasteiger partial charge >= 0.3 is 0 Å². The molecule has 3 heteroatoms. The number of hydrogen-bond acceptors (Lipinski definition) is 2. The molecule has 0 radical (unpaired) electrons. The molecule has 0 bridgehead atoms. The Labute approximate surface area is 98.2 Å². The first-order valence-electron chi connectivity index (χ1n) is 6.78. The van der Waals surface area contributed by atoms with E-state index in [0.29, 0.717) is 24.3 Å². The van der Waals surface area contributed by atoms with Crippen molar-refractivity contribution in [2.45, 2.75) is 51.5 Å². The first kappa shape index (κ1) is 11.9. The summed E-state index contributed by atoms with van der Waals surface area (Å²) < 4.78 is 0. The van der Waals surface area contributed by atoms with Gasteiger partial charge in [-0.15, -0.1) is 0 Å². The van der Waals surface area contributed by atoms with Crippen molar-refractivity contribution in [1.29, 1.82) is 0 Å². The van der Waals surface area contributed by atoms with Crippen molar-refractivity contribution >= 4 is 5.91 Å². The quantitative estimate of drug-likeness (QED) is 0.721. The Bertz CT molecular complexity index is 244. The third-order valence-electron chi connectivity index (χ3n) is 4.25. The van der Waals surface area contributed by atoms with Crippen LogP contribution in [0.3, 0.4) is 0 Å². The highest BCUT2D eigenvalue weighted by molar-refractivity contribution is 5.82. The number of hydrogen-bond donors (Lipinski definition) is 2. The van der Waals surface area contributed by atoms with Crippen LogP contribution in [0.1, 0.15) is 45.4 Å². The lowest BCUT2D eigenvalue weighted by atomic mass is 10.1. The summed E-state index contributed by atoms with van der Waals surface area (Å²) in [6.07, 6.45) is 7.22. The van der Waals surface area contributed by atoms with Gasteiger partial charge in [0.1, 0.15) is 0 Å². The van der Waals surface area contributed by atoms with Gasteiger partial charge in [-0.3, -0.25) is 4.79 Å². The molecule has 2 aliphatic carbocycles. The monoisotopic (exact) mass is 224 g/mol. The van der Waals surface area contributed by atoms with Gasteiger partial charge in [-0.25, -0.2) is 0 Å². The molecule has 3 nitrogen and oxygen atoms in total. The van der Waals surface area contributed by atoms with E-state index in [1.54, 1.807) is 0 Å². The third-order valence-corrected chi connectivity index (χ3v) is 4.25. The molecule has 0 spiro atoms. The zero-order valence-corrected chi connectivity index (χ0v) is 10.2.